The van der Waals surface area contributed by atoms with Crippen molar-refractivity contribution in [3.63, 3.8) is 0 Å². The molecule has 35 heavy (non-hydrogen) atoms. The number of hydrogen-bond donors (Lipinski definition) is 1. The number of anilines is 1. The number of nitro groups is 1. The number of hydrogen-bond acceptors (Lipinski definition) is 10. The van der Waals surface area contributed by atoms with Crippen LogP contribution in [0.2, 0.25) is 0 Å². The molecule has 0 radical (unpaired) electrons. The third kappa shape index (κ3) is 5.81. The predicted octanol–water partition coefficient (Wildman–Crippen LogP) is 3.24. The monoisotopic (exact) mass is 499 g/mol. The van der Waals surface area contributed by atoms with E-state index >= 15 is 0 Å². The topological polar surface area (TPSA) is 179 Å². The number of nitriles is 1. The van der Waals surface area contributed by atoms with Crippen LogP contribution in [0.5, 0.6) is 5.75 Å². The molecule has 1 amide bonds. The number of amides is 1. The molecular formula is C22H17N3O9S. The lowest BCUT2D eigenvalue weighted by molar-refractivity contribution is -0.385. The summed E-state index contributed by atoms with van der Waals surface area (Å²) in [5.41, 5.74) is 0.325. The molecule has 13 heteroatoms. The van der Waals surface area contributed by atoms with Crippen LogP contribution in [0.3, 0.4) is 0 Å². The molecule has 0 aliphatic heterocycles. The molecule has 12 nitrogen and oxygen atoms in total. The van der Waals surface area contributed by atoms with Crippen LogP contribution in [-0.2, 0) is 19.6 Å². The molecule has 0 saturated carbocycles. The largest absolute Gasteiger partial charge is 0.452 e. The first-order valence-corrected chi connectivity index (χ1v) is 11.2. The van der Waals surface area contributed by atoms with Gasteiger partial charge in [-0.15, -0.1) is 0 Å². The van der Waals surface area contributed by atoms with Gasteiger partial charge >= 0.3 is 16.1 Å². The molecule has 0 fully saturated rings. The second-order valence-electron chi connectivity index (χ2n) is 7.04. The molecule has 0 saturated heterocycles. The molecule has 0 bridgehead atoms. The Balaban J connectivity index is 1.60. The van der Waals surface area contributed by atoms with E-state index in [9.17, 15) is 28.1 Å². The number of aryl methyl sites for hydroxylation is 1. The number of furan rings is 1. The summed E-state index contributed by atoms with van der Waals surface area (Å²) in [6.45, 7) is 2.63. The second kappa shape index (κ2) is 10.1. The lowest BCUT2D eigenvalue weighted by Gasteiger charge is -2.08. The van der Waals surface area contributed by atoms with Crippen molar-refractivity contribution in [3.8, 4) is 11.8 Å². The van der Waals surface area contributed by atoms with Crippen molar-refractivity contribution in [2.75, 3.05) is 11.9 Å². The number of benzene rings is 2. The number of esters is 1. The Labute approximate surface area is 199 Å². The number of rotatable bonds is 8. The molecule has 3 aromatic rings. The minimum atomic E-state index is -4.37. The lowest BCUT2D eigenvalue weighted by atomic mass is 10.2. The van der Waals surface area contributed by atoms with Crippen molar-refractivity contribution in [1.82, 2.24) is 0 Å². The van der Waals surface area contributed by atoms with Gasteiger partial charge in [0.05, 0.1) is 10.5 Å². The van der Waals surface area contributed by atoms with E-state index in [0.29, 0.717) is 11.3 Å². The van der Waals surface area contributed by atoms with Gasteiger partial charge in [-0.05, 0) is 44.2 Å². The standard InChI is InChI=1S/C22H17N3O9S/c1-13-14(2)33-21(19(13)11-23)24-20(26)12-32-22(27)15-6-8-17(9-7-15)34-35(30,31)18-5-3-4-16(10-18)25(28)29/h3-10H,12H2,1-2H3,(H,24,26). The summed E-state index contributed by atoms with van der Waals surface area (Å²) in [6.07, 6.45) is 0. The Hall–Kier alpha value is -4.70. The van der Waals surface area contributed by atoms with Crippen molar-refractivity contribution in [3.05, 3.63) is 81.1 Å². The van der Waals surface area contributed by atoms with E-state index in [-0.39, 0.29) is 22.8 Å². The fourth-order valence-electron chi connectivity index (χ4n) is 2.80. The smallest absolute Gasteiger partial charge is 0.339 e. The highest BCUT2D eigenvalue weighted by Gasteiger charge is 2.21. The van der Waals surface area contributed by atoms with Crippen molar-refractivity contribution < 1.29 is 36.3 Å². The minimum absolute atomic E-state index is 0.000276. The van der Waals surface area contributed by atoms with Gasteiger partial charge in [-0.25, -0.2) is 4.79 Å². The first kappa shape index (κ1) is 24.9. The van der Waals surface area contributed by atoms with Crippen LogP contribution >= 0.6 is 0 Å². The molecule has 1 N–H and O–H groups in total. The summed E-state index contributed by atoms with van der Waals surface area (Å²) in [7, 11) is -4.37. The number of non-ortho nitro benzene ring substituents is 1. The van der Waals surface area contributed by atoms with Crippen LogP contribution in [-0.4, -0.2) is 31.8 Å². The fraction of sp³-hybridized carbons (Fsp3) is 0.136. The number of ether oxygens (including phenoxy) is 1. The zero-order chi connectivity index (χ0) is 25.8. The maximum absolute atomic E-state index is 12.4. The maximum atomic E-state index is 12.4. The zero-order valence-corrected chi connectivity index (χ0v) is 19.1. The van der Waals surface area contributed by atoms with Crippen LogP contribution < -0.4 is 9.50 Å². The molecule has 0 spiro atoms. The number of nitrogens with zero attached hydrogens (tertiary/aromatic N) is 2. The van der Waals surface area contributed by atoms with Crippen LogP contribution in [0.4, 0.5) is 11.6 Å². The highest BCUT2D eigenvalue weighted by molar-refractivity contribution is 7.87. The molecule has 180 valence electrons. The summed E-state index contributed by atoms with van der Waals surface area (Å²) < 4.78 is 39.9. The SMILES string of the molecule is Cc1oc(NC(=O)COC(=O)c2ccc(OS(=O)(=O)c3cccc([N+](=O)[O-])c3)cc2)c(C#N)c1C. The van der Waals surface area contributed by atoms with Gasteiger partial charge in [0.25, 0.3) is 11.6 Å². The number of carbonyl (C=O) groups excluding carboxylic acids is 2. The average molecular weight is 499 g/mol. The van der Waals surface area contributed by atoms with Gasteiger partial charge in [-0.1, -0.05) is 6.07 Å². The van der Waals surface area contributed by atoms with E-state index in [2.05, 4.69) is 5.32 Å². The Morgan fingerprint density at radius 1 is 1.17 bits per heavy atom. The molecule has 2 aromatic carbocycles. The molecule has 0 atom stereocenters. The van der Waals surface area contributed by atoms with Gasteiger partial charge in [0.15, 0.2) is 6.61 Å². The van der Waals surface area contributed by atoms with Crippen LogP contribution in [0, 0.1) is 35.3 Å². The quantitative estimate of drug-likeness (QED) is 0.209. The lowest BCUT2D eigenvalue weighted by Crippen LogP contribution is -2.21. The molecule has 0 aliphatic rings. The third-order valence-corrected chi connectivity index (χ3v) is 5.94. The summed E-state index contributed by atoms with van der Waals surface area (Å²) in [6, 6.07) is 11.1. The van der Waals surface area contributed by atoms with Crippen LogP contribution in [0.15, 0.2) is 57.8 Å². The van der Waals surface area contributed by atoms with Crippen molar-refractivity contribution in [1.29, 1.82) is 5.26 Å². The molecule has 0 unspecified atom stereocenters. The minimum Gasteiger partial charge on any atom is -0.452 e. The normalized spacial score (nSPS) is 10.8. The van der Waals surface area contributed by atoms with Crippen LogP contribution in [0.1, 0.15) is 27.2 Å². The van der Waals surface area contributed by atoms with E-state index in [0.717, 1.165) is 18.2 Å². The third-order valence-electron chi connectivity index (χ3n) is 4.70. The predicted molar refractivity (Wildman–Crippen MR) is 119 cm³/mol. The molecule has 3 rings (SSSR count). The Morgan fingerprint density at radius 3 is 2.49 bits per heavy atom. The van der Waals surface area contributed by atoms with E-state index in [1.54, 1.807) is 13.8 Å². The molecular weight excluding hydrogens is 482 g/mol. The summed E-state index contributed by atoms with van der Waals surface area (Å²) in [5, 5.41) is 22.4. The number of nitro benzene ring substituents is 1. The zero-order valence-electron chi connectivity index (χ0n) is 18.3. The first-order chi connectivity index (χ1) is 16.5. The van der Waals surface area contributed by atoms with E-state index < -0.39 is 44.1 Å². The van der Waals surface area contributed by atoms with E-state index in [1.807, 2.05) is 6.07 Å². The number of carbonyl (C=O) groups is 2. The summed E-state index contributed by atoms with van der Waals surface area (Å²) in [5.74, 6) is -1.34. The van der Waals surface area contributed by atoms with Crippen molar-refractivity contribution >= 4 is 33.6 Å². The Kier molecular flexibility index (Phi) is 7.17. The second-order valence-corrected chi connectivity index (χ2v) is 8.59. The van der Waals surface area contributed by atoms with E-state index in [4.69, 9.17) is 18.6 Å². The summed E-state index contributed by atoms with van der Waals surface area (Å²) >= 11 is 0. The van der Waals surface area contributed by atoms with Gasteiger partial charge in [0, 0.05) is 17.7 Å². The van der Waals surface area contributed by atoms with Crippen molar-refractivity contribution in [2.24, 2.45) is 0 Å². The molecule has 0 aliphatic carbocycles. The van der Waals surface area contributed by atoms with Crippen molar-refractivity contribution in [2.45, 2.75) is 18.7 Å². The number of nitrogens with one attached hydrogen (secondary N) is 1. The Morgan fingerprint density at radius 2 is 1.86 bits per heavy atom. The highest BCUT2D eigenvalue weighted by atomic mass is 32.2. The van der Waals surface area contributed by atoms with Gasteiger partial charge < -0.3 is 13.3 Å². The van der Waals surface area contributed by atoms with Gasteiger partial charge in [0.2, 0.25) is 5.88 Å². The first-order valence-electron chi connectivity index (χ1n) is 9.78. The van der Waals surface area contributed by atoms with Gasteiger partial charge in [0.1, 0.15) is 28.0 Å². The highest BCUT2D eigenvalue weighted by Crippen LogP contribution is 2.25. The summed E-state index contributed by atoms with van der Waals surface area (Å²) in [4.78, 5) is 34.0. The van der Waals surface area contributed by atoms with Crippen LogP contribution in [0.25, 0.3) is 0 Å². The molecule has 1 heterocycles. The Bertz CT molecular complexity index is 1450. The maximum Gasteiger partial charge on any atom is 0.339 e. The fourth-order valence-corrected chi connectivity index (χ4v) is 3.77. The average Bonchev–Trinajstić information content (AvgIpc) is 3.09. The van der Waals surface area contributed by atoms with E-state index in [1.165, 1.54) is 30.3 Å². The molecule has 1 aromatic heterocycles. The van der Waals surface area contributed by atoms with Gasteiger partial charge in [-0.2, -0.15) is 13.7 Å². The van der Waals surface area contributed by atoms with Gasteiger partial charge in [-0.3, -0.25) is 20.2 Å².